The summed E-state index contributed by atoms with van der Waals surface area (Å²) in [6, 6.07) is 12.9. The first-order valence-corrected chi connectivity index (χ1v) is 7.99. The van der Waals surface area contributed by atoms with E-state index in [0.29, 0.717) is 22.3 Å². The summed E-state index contributed by atoms with van der Waals surface area (Å²) in [5, 5.41) is 4.41. The molecule has 0 aromatic heterocycles. The minimum Gasteiger partial charge on any atom is -0.466 e. The Morgan fingerprint density at radius 1 is 1.21 bits per heavy atom. The number of carbonyl (C=O) groups excluding carboxylic acids is 1. The van der Waals surface area contributed by atoms with Gasteiger partial charge in [-0.25, -0.2) is 4.79 Å². The third-order valence-corrected chi connectivity index (χ3v) is 4.13. The second-order valence-electron chi connectivity index (χ2n) is 5.15. The van der Waals surface area contributed by atoms with Crippen molar-refractivity contribution < 1.29 is 9.53 Å². The van der Waals surface area contributed by atoms with Gasteiger partial charge < -0.3 is 10.1 Å². The van der Waals surface area contributed by atoms with Crippen LogP contribution < -0.4 is 5.32 Å². The normalized spacial score (nSPS) is 15.1. The van der Waals surface area contributed by atoms with Crippen LogP contribution in [0.5, 0.6) is 0 Å². The average Bonchev–Trinajstić information content (AvgIpc) is 2.74. The number of methoxy groups -OCH3 is 1. The van der Waals surface area contributed by atoms with Gasteiger partial charge >= 0.3 is 5.97 Å². The molecule has 0 saturated carbocycles. The lowest BCUT2D eigenvalue weighted by Gasteiger charge is -2.12. The molecular weight excluding hydrogens is 347 g/mol. The average molecular weight is 361 g/mol. The molecule has 1 heterocycles. The van der Waals surface area contributed by atoms with E-state index in [0.717, 1.165) is 22.5 Å². The Bertz CT molecular complexity index is 860. The van der Waals surface area contributed by atoms with E-state index in [4.69, 9.17) is 23.2 Å². The van der Waals surface area contributed by atoms with Crippen molar-refractivity contribution in [2.75, 3.05) is 19.0 Å². The number of aliphatic imine (C=N–C) groups is 1. The van der Waals surface area contributed by atoms with Crippen LogP contribution in [0.15, 0.2) is 59.2 Å². The summed E-state index contributed by atoms with van der Waals surface area (Å²) in [5.74, 6) is -0.440. The van der Waals surface area contributed by atoms with Gasteiger partial charge in [-0.05, 0) is 24.3 Å². The Labute approximate surface area is 149 Å². The van der Waals surface area contributed by atoms with Crippen molar-refractivity contribution in [3.8, 4) is 0 Å². The van der Waals surface area contributed by atoms with Crippen molar-refractivity contribution in [2.24, 2.45) is 4.99 Å². The van der Waals surface area contributed by atoms with E-state index in [1.807, 2.05) is 36.4 Å². The van der Waals surface area contributed by atoms with E-state index in [9.17, 15) is 4.79 Å². The number of fused-ring (bicyclic) bond motifs is 1. The quantitative estimate of drug-likeness (QED) is 0.641. The molecule has 0 unspecified atom stereocenters. The third-order valence-electron chi connectivity index (χ3n) is 3.56. The van der Waals surface area contributed by atoms with Gasteiger partial charge in [0.2, 0.25) is 0 Å². The SMILES string of the molecule is COC(=O)C=C1CN=C(c2ccccc2Cl)c2cc(Cl)ccc2N1. The van der Waals surface area contributed by atoms with Crippen molar-refractivity contribution >= 4 is 40.6 Å². The van der Waals surface area contributed by atoms with Gasteiger partial charge in [0.25, 0.3) is 0 Å². The molecule has 0 fully saturated rings. The molecular formula is C18H14Cl2N2O2. The molecule has 122 valence electrons. The Balaban J connectivity index is 2.15. The molecule has 3 rings (SSSR count). The highest BCUT2D eigenvalue weighted by Crippen LogP contribution is 2.30. The molecule has 0 radical (unpaired) electrons. The maximum Gasteiger partial charge on any atom is 0.332 e. The van der Waals surface area contributed by atoms with Gasteiger partial charge in [0.15, 0.2) is 0 Å². The number of rotatable bonds is 2. The first-order valence-electron chi connectivity index (χ1n) is 7.23. The molecule has 1 aliphatic heterocycles. The number of ether oxygens (including phenoxy) is 1. The molecule has 1 N–H and O–H groups in total. The van der Waals surface area contributed by atoms with Crippen LogP contribution in [-0.2, 0) is 9.53 Å². The van der Waals surface area contributed by atoms with Gasteiger partial charge in [-0.15, -0.1) is 0 Å². The zero-order valence-corrected chi connectivity index (χ0v) is 14.4. The van der Waals surface area contributed by atoms with E-state index in [2.05, 4.69) is 15.0 Å². The van der Waals surface area contributed by atoms with Crippen LogP contribution in [0.2, 0.25) is 10.0 Å². The lowest BCUT2D eigenvalue weighted by Crippen LogP contribution is -2.07. The van der Waals surface area contributed by atoms with Gasteiger partial charge in [0, 0.05) is 38.6 Å². The molecule has 0 spiro atoms. The minimum absolute atomic E-state index is 0.294. The number of halogens is 2. The Hall–Kier alpha value is -2.30. The maximum absolute atomic E-state index is 11.5. The van der Waals surface area contributed by atoms with E-state index in [1.54, 1.807) is 6.07 Å². The van der Waals surface area contributed by atoms with Crippen LogP contribution >= 0.6 is 23.2 Å². The van der Waals surface area contributed by atoms with E-state index >= 15 is 0 Å². The molecule has 2 aromatic rings. The fourth-order valence-corrected chi connectivity index (χ4v) is 2.85. The molecule has 0 amide bonds. The zero-order valence-electron chi connectivity index (χ0n) is 12.8. The van der Waals surface area contributed by atoms with Gasteiger partial charge in [-0.3, -0.25) is 4.99 Å². The van der Waals surface area contributed by atoms with Gasteiger partial charge in [0.05, 0.1) is 19.4 Å². The van der Waals surface area contributed by atoms with Crippen LogP contribution in [0.4, 0.5) is 5.69 Å². The third kappa shape index (κ3) is 3.45. The number of hydrogen-bond acceptors (Lipinski definition) is 4. The Kier molecular flexibility index (Phi) is 4.88. The largest absolute Gasteiger partial charge is 0.466 e. The lowest BCUT2D eigenvalue weighted by atomic mass is 10.0. The van der Waals surface area contributed by atoms with E-state index in [1.165, 1.54) is 13.2 Å². The van der Waals surface area contributed by atoms with Crippen molar-refractivity contribution in [2.45, 2.75) is 0 Å². The number of hydrogen-bond donors (Lipinski definition) is 1. The van der Waals surface area contributed by atoms with E-state index < -0.39 is 5.97 Å². The van der Waals surface area contributed by atoms with Crippen LogP contribution in [0.1, 0.15) is 11.1 Å². The van der Waals surface area contributed by atoms with Gasteiger partial charge in [-0.2, -0.15) is 0 Å². The molecule has 24 heavy (non-hydrogen) atoms. The maximum atomic E-state index is 11.5. The summed E-state index contributed by atoms with van der Waals surface area (Å²) in [6.07, 6.45) is 1.39. The van der Waals surface area contributed by atoms with Crippen LogP contribution in [0.25, 0.3) is 0 Å². The fourth-order valence-electron chi connectivity index (χ4n) is 2.45. The minimum atomic E-state index is -0.440. The fraction of sp³-hybridized carbons (Fsp3) is 0.111. The zero-order chi connectivity index (χ0) is 17.1. The summed E-state index contributed by atoms with van der Waals surface area (Å²) in [7, 11) is 1.34. The molecule has 0 aliphatic carbocycles. The molecule has 2 aromatic carbocycles. The lowest BCUT2D eigenvalue weighted by molar-refractivity contribution is -0.134. The predicted molar refractivity (Wildman–Crippen MR) is 97.1 cm³/mol. The number of carbonyl (C=O) groups is 1. The van der Waals surface area contributed by atoms with Crippen molar-refractivity contribution in [1.82, 2.24) is 0 Å². The smallest absolute Gasteiger partial charge is 0.332 e. The number of benzene rings is 2. The van der Waals surface area contributed by atoms with Crippen molar-refractivity contribution in [3.05, 3.63) is 75.4 Å². The summed E-state index contributed by atoms with van der Waals surface area (Å²) in [6.45, 7) is 0.294. The summed E-state index contributed by atoms with van der Waals surface area (Å²) in [5.41, 5.74) is 3.78. The second kappa shape index (κ2) is 7.07. The monoisotopic (exact) mass is 360 g/mol. The van der Waals surface area contributed by atoms with Crippen LogP contribution in [0.3, 0.4) is 0 Å². The molecule has 6 heteroatoms. The molecule has 0 bridgehead atoms. The highest BCUT2D eigenvalue weighted by molar-refractivity contribution is 6.36. The highest BCUT2D eigenvalue weighted by atomic mass is 35.5. The number of benzodiazepines with no additional fused rings is 1. The molecule has 0 saturated heterocycles. The number of nitrogens with one attached hydrogen (secondary N) is 1. The van der Waals surface area contributed by atoms with Crippen LogP contribution in [0, 0.1) is 0 Å². The Morgan fingerprint density at radius 3 is 2.75 bits per heavy atom. The molecule has 1 aliphatic rings. The highest BCUT2D eigenvalue weighted by Gasteiger charge is 2.19. The molecule has 0 atom stereocenters. The summed E-state index contributed by atoms with van der Waals surface area (Å²) >= 11 is 12.5. The number of esters is 1. The standard InChI is InChI=1S/C18H14Cl2N2O2/c1-24-17(23)9-12-10-21-18(13-4-2-3-5-15(13)20)14-8-11(19)6-7-16(14)22-12/h2-9,22H,10H2,1H3. The van der Waals surface area contributed by atoms with Gasteiger partial charge in [-0.1, -0.05) is 41.4 Å². The summed E-state index contributed by atoms with van der Waals surface area (Å²) < 4.78 is 4.69. The Morgan fingerprint density at radius 2 is 2.00 bits per heavy atom. The first kappa shape index (κ1) is 16.6. The first-order chi connectivity index (χ1) is 11.6. The van der Waals surface area contributed by atoms with Crippen LogP contribution in [-0.4, -0.2) is 25.3 Å². The predicted octanol–water partition coefficient (Wildman–Crippen LogP) is 4.31. The number of nitrogens with zero attached hydrogens (tertiary/aromatic N) is 1. The summed E-state index contributed by atoms with van der Waals surface area (Å²) in [4.78, 5) is 16.2. The van der Waals surface area contributed by atoms with Crippen molar-refractivity contribution in [3.63, 3.8) is 0 Å². The number of anilines is 1. The molecule has 4 nitrogen and oxygen atoms in total. The second-order valence-corrected chi connectivity index (χ2v) is 6.00. The topological polar surface area (TPSA) is 50.7 Å². The van der Waals surface area contributed by atoms with Gasteiger partial charge in [0.1, 0.15) is 0 Å². The van der Waals surface area contributed by atoms with Crippen molar-refractivity contribution in [1.29, 1.82) is 0 Å². The van der Waals surface area contributed by atoms with E-state index in [-0.39, 0.29) is 0 Å².